The molecule has 0 saturated heterocycles. The summed E-state index contributed by atoms with van der Waals surface area (Å²) in [7, 11) is 0. The Bertz CT molecular complexity index is 595. The number of nitrogens with two attached hydrogens (primary N) is 1. The lowest BCUT2D eigenvalue weighted by molar-refractivity contribution is 0.451. The standard InChI is InChI=1S/C19H25N3/c20-19-8-3-7-16-13-17(9-10-18(16)19)22-12-2-1-5-15-6-4-11-21-14-15/h3-4,6-8,11,14,17,22H,1-2,5,9-10,12-13,20H2. The molecule has 0 fully saturated rings. The van der Waals surface area contributed by atoms with Crippen LogP contribution in [0.5, 0.6) is 0 Å². The molecule has 1 unspecified atom stereocenters. The minimum Gasteiger partial charge on any atom is -0.398 e. The second-order valence-electron chi connectivity index (χ2n) is 6.20. The van der Waals surface area contributed by atoms with E-state index in [4.69, 9.17) is 5.73 Å². The summed E-state index contributed by atoms with van der Waals surface area (Å²) in [4.78, 5) is 4.16. The van der Waals surface area contributed by atoms with E-state index in [1.165, 1.54) is 36.0 Å². The van der Waals surface area contributed by atoms with Crippen LogP contribution in [0.2, 0.25) is 0 Å². The third-order valence-corrected chi connectivity index (χ3v) is 4.57. The highest BCUT2D eigenvalue weighted by Crippen LogP contribution is 2.26. The van der Waals surface area contributed by atoms with Gasteiger partial charge in [-0.2, -0.15) is 0 Å². The van der Waals surface area contributed by atoms with E-state index in [2.05, 4.69) is 28.5 Å². The van der Waals surface area contributed by atoms with Gasteiger partial charge in [0.1, 0.15) is 0 Å². The summed E-state index contributed by atoms with van der Waals surface area (Å²) in [5.74, 6) is 0. The average molecular weight is 295 g/mol. The molecular weight excluding hydrogens is 270 g/mol. The van der Waals surface area contributed by atoms with Crippen molar-refractivity contribution in [2.24, 2.45) is 0 Å². The quantitative estimate of drug-likeness (QED) is 0.636. The number of aryl methyl sites for hydroxylation is 1. The molecule has 3 rings (SSSR count). The molecule has 0 saturated carbocycles. The molecule has 2 aromatic rings. The van der Waals surface area contributed by atoms with Crippen molar-refractivity contribution in [3.8, 4) is 0 Å². The maximum Gasteiger partial charge on any atom is 0.0349 e. The first kappa shape index (κ1) is 15.0. The number of pyridine rings is 1. The van der Waals surface area contributed by atoms with Crippen LogP contribution in [0.15, 0.2) is 42.7 Å². The molecule has 1 atom stereocenters. The Morgan fingerprint density at radius 2 is 2.14 bits per heavy atom. The van der Waals surface area contributed by atoms with Crippen molar-refractivity contribution in [2.75, 3.05) is 12.3 Å². The van der Waals surface area contributed by atoms with Crippen LogP contribution in [0, 0.1) is 0 Å². The van der Waals surface area contributed by atoms with Crippen molar-refractivity contribution in [1.29, 1.82) is 0 Å². The zero-order chi connectivity index (χ0) is 15.2. The van der Waals surface area contributed by atoms with Crippen LogP contribution in [0.1, 0.15) is 36.0 Å². The van der Waals surface area contributed by atoms with Crippen LogP contribution < -0.4 is 11.1 Å². The van der Waals surface area contributed by atoms with Gasteiger partial charge in [-0.05, 0) is 73.9 Å². The van der Waals surface area contributed by atoms with Crippen molar-refractivity contribution < 1.29 is 0 Å². The second-order valence-corrected chi connectivity index (χ2v) is 6.20. The van der Waals surface area contributed by atoms with Gasteiger partial charge in [0.2, 0.25) is 0 Å². The highest BCUT2D eigenvalue weighted by Gasteiger charge is 2.19. The van der Waals surface area contributed by atoms with Gasteiger partial charge in [0, 0.05) is 24.1 Å². The number of benzene rings is 1. The lowest BCUT2D eigenvalue weighted by atomic mass is 9.87. The molecule has 1 heterocycles. The maximum atomic E-state index is 6.06. The number of anilines is 1. The minimum atomic E-state index is 0.604. The minimum absolute atomic E-state index is 0.604. The molecule has 1 aliphatic rings. The molecular formula is C19H25N3. The zero-order valence-electron chi connectivity index (χ0n) is 13.1. The van der Waals surface area contributed by atoms with E-state index >= 15 is 0 Å². The fourth-order valence-electron chi connectivity index (χ4n) is 3.32. The molecule has 0 amide bonds. The van der Waals surface area contributed by atoms with Crippen LogP contribution >= 0.6 is 0 Å². The summed E-state index contributed by atoms with van der Waals surface area (Å²) >= 11 is 0. The largest absolute Gasteiger partial charge is 0.398 e. The monoisotopic (exact) mass is 295 g/mol. The Morgan fingerprint density at radius 3 is 3.00 bits per heavy atom. The van der Waals surface area contributed by atoms with Crippen LogP contribution in [0.4, 0.5) is 5.69 Å². The van der Waals surface area contributed by atoms with Crippen LogP contribution in [0.25, 0.3) is 0 Å². The maximum absolute atomic E-state index is 6.06. The number of rotatable bonds is 6. The van der Waals surface area contributed by atoms with Gasteiger partial charge in [-0.1, -0.05) is 18.2 Å². The van der Waals surface area contributed by atoms with Crippen LogP contribution in [-0.2, 0) is 19.3 Å². The molecule has 22 heavy (non-hydrogen) atoms. The highest BCUT2D eigenvalue weighted by atomic mass is 14.9. The van der Waals surface area contributed by atoms with Gasteiger partial charge in [0.15, 0.2) is 0 Å². The van der Waals surface area contributed by atoms with Crippen molar-refractivity contribution in [1.82, 2.24) is 10.3 Å². The van der Waals surface area contributed by atoms with Gasteiger partial charge in [0.25, 0.3) is 0 Å². The van der Waals surface area contributed by atoms with Gasteiger partial charge >= 0.3 is 0 Å². The number of hydrogen-bond donors (Lipinski definition) is 2. The molecule has 0 aliphatic heterocycles. The smallest absolute Gasteiger partial charge is 0.0349 e. The summed E-state index contributed by atoms with van der Waals surface area (Å²) in [5, 5.41) is 3.71. The molecule has 0 bridgehead atoms. The van der Waals surface area contributed by atoms with E-state index in [1.807, 2.05) is 24.5 Å². The summed E-state index contributed by atoms with van der Waals surface area (Å²) in [6.07, 6.45) is 10.8. The molecule has 116 valence electrons. The lowest BCUT2D eigenvalue weighted by Gasteiger charge is -2.26. The topological polar surface area (TPSA) is 50.9 Å². The van der Waals surface area contributed by atoms with Gasteiger partial charge in [-0.25, -0.2) is 0 Å². The number of nitrogen functional groups attached to an aromatic ring is 1. The first-order valence-electron chi connectivity index (χ1n) is 8.31. The van der Waals surface area contributed by atoms with Crippen molar-refractivity contribution in [3.05, 3.63) is 59.4 Å². The van der Waals surface area contributed by atoms with Gasteiger partial charge in [0.05, 0.1) is 0 Å². The SMILES string of the molecule is Nc1cccc2c1CCC(NCCCCc1cccnc1)C2. The first-order chi connectivity index (χ1) is 10.8. The number of fused-ring (bicyclic) bond motifs is 1. The Hall–Kier alpha value is -1.87. The zero-order valence-corrected chi connectivity index (χ0v) is 13.1. The summed E-state index contributed by atoms with van der Waals surface area (Å²) in [6.45, 7) is 1.10. The van der Waals surface area contributed by atoms with Crippen LogP contribution in [0.3, 0.4) is 0 Å². The molecule has 3 nitrogen and oxygen atoms in total. The summed E-state index contributed by atoms with van der Waals surface area (Å²) in [5.41, 5.74) is 11.2. The van der Waals surface area contributed by atoms with Crippen molar-refractivity contribution in [3.63, 3.8) is 0 Å². The lowest BCUT2D eigenvalue weighted by Crippen LogP contribution is -2.35. The normalized spacial score (nSPS) is 17.2. The number of nitrogens with one attached hydrogen (secondary N) is 1. The molecule has 1 aliphatic carbocycles. The predicted octanol–water partition coefficient (Wildman–Crippen LogP) is 3.13. The van der Waals surface area contributed by atoms with E-state index < -0.39 is 0 Å². The van der Waals surface area contributed by atoms with Gasteiger partial charge in [-0.15, -0.1) is 0 Å². The van der Waals surface area contributed by atoms with E-state index in [9.17, 15) is 0 Å². The predicted molar refractivity (Wildman–Crippen MR) is 91.8 cm³/mol. The Balaban J connectivity index is 1.38. The molecule has 0 spiro atoms. The van der Waals surface area contributed by atoms with E-state index in [-0.39, 0.29) is 0 Å². The number of aromatic nitrogens is 1. The summed E-state index contributed by atoms with van der Waals surface area (Å²) < 4.78 is 0. The van der Waals surface area contributed by atoms with Gasteiger partial charge in [-0.3, -0.25) is 4.98 Å². The first-order valence-corrected chi connectivity index (χ1v) is 8.31. The number of hydrogen-bond acceptors (Lipinski definition) is 3. The van der Waals surface area contributed by atoms with Crippen LogP contribution in [-0.4, -0.2) is 17.6 Å². The Labute approximate surface area is 133 Å². The summed E-state index contributed by atoms with van der Waals surface area (Å²) in [6, 6.07) is 11.1. The molecule has 0 radical (unpaired) electrons. The fraction of sp³-hybridized carbons (Fsp3) is 0.421. The molecule has 3 N–H and O–H groups in total. The number of nitrogens with zero attached hydrogens (tertiary/aromatic N) is 1. The van der Waals surface area contributed by atoms with E-state index in [0.29, 0.717) is 6.04 Å². The highest BCUT2D eigenvalue weighted by molar-refractivity contribution is 5.52. The molecule has 1 aromatic heterocycles. The molecule has 1 aromatic carbocycles. The third kappa shape index (κ3) is 3.86. The van der Waals surface area contributed by atoms with Crippen molar-refractivity contribution >= 4 is 5.69 Å². The fourth-order valence-corrected chi connectivity index (χ4v) is 3.32. The second kappa shape index (κ2) is 7.41. The molecule has 3 heteroatoms. The van der Waals surface area contributed by atoms with Gasteiger partial charge < -0.3 is 11.1 Å². The third-order valence-electron chi connectivity index (χ3n) is 4.57. The van der Waals surface area contributed by atoms with E-state index in [0.717, 1.165) is 31.5 Å². The number of unbranched alkanes of at least 4 members (excludes halogenated alkanes) is 1. The Morgan fingerprint density at radius 1 is 1.18 bits per heavy atom. The van der Waals surface area contributed by atoms with Crippen molar-refractivity contribution in [2.45, 2.75) is 44.6 Å². The Kier molecular flexibility index (Phi) is 5.07. The van der Waals surface area contributed by atoms with E-state index in [1.54, 1.807) is 0 Å². The average Bonchev–Trinajstić information content (AvgIpc) is 2.56.